The first kappa shape index (κ1) is 13.8. The first-order valence-corrected chi connectivity index (χ1v) is 6.76. The highest BCUT2D eigenvalue weighted by Gasteiger charge is 2.30. The van der Waals surface area contributed by atoms with E-state index in [2.05, 4.69) is 22.5 Å². The van der Waals surface area contributed by atoms with E-state index in [1.54, 1.807) is 19.4 Å². The van der Waals surface area contributed by atoms with E-state index in [4.69, 9.17) is 4.74 Å². The van der Waals surface area contributed by atoms with E-state index in [0.29, 0.717) is 11.8 Å². The molecule has 104 valence electrons. The Bertz CT molecular complexity index is 413. The second kappa shape index (κ2) is 6.52. The molecule has 0 spiro atoms. The number of carbonyl (C=O) groups excluding carboxylic acids is 1. The first-order chi connectivity index (χ1) is 9.22. The van der Waals surface area contributed by atoms with E-state index >= 15 is 0 Å². The van der Waals surface area contributed by atoms with Crippen molar-refractivity contribution in [2.45, 2.75) is 38.3 Å². The minimum atomic E-state index is -0.110. The molecule has 1 aliphatic carbocycles. The Labute approximate surface area is 113 Å². The summed E-state index contributed by atoms with van der Waals surface area (Å²) in [5.41, 5.74) is 1.41. The van der Waals surface area contributed by atoms with Crippen molar-refractivity contribution in [3.63, 3.8) is 0 Å². The molecule has 0 unspecified atom stereocenters. The van der Waals surface area contributed by atoms with Gasteiger partial charge in [0.05, 0.1) is 18.0 Å². The minimum Gasteiger partial charge on any atom is -0.384 e. The summed E-state index contributed by atoms with van der Waals surface area (Å²) in [6.07, 6.45) is 4.82. The molecule has 1 saturated carbocycles. The molecular formula is C14H21N3O2. The Balaban J connectivity index is 1.82. The largest absolute Gasteiger partial charge is 0.384 e. The average Bonchev–Trinajstić information content (AvgIpc) is 2.40. The number of hydrogen-bond acceptors (Lipinski definition) is 4. The quantitative estimate of drug-likeness (QED) is 0.821. The Morgan fingerprint density at radius 1 is 1.47 bits per heavy atom. The highest BCUT2D eigenvalue weighted by Crippen LogP contribution is 2.22. The van der Waals surface area contributed by atoms with E-state index in [1.807, 2.05) is 6.07 Å². The van der Waals surface area contributed by atoms with Crippen molar-refractivity contribution in [2.75, 3.05) is 19.0 Å². The molecule has 1 heterocycles. The Morgan fingerprint density at radius 2 is 2.26 bits per heavy atom. The van der Waals surface area contributed by atoms with Gasteiger partial charge in [-0.2, -0.15) is 0 Å². The van der Waals surface area contributed by atoms with Crippen molar-refractivity contribution in [3.8, 4) is 0 Å². The monoisotopic (exact) mass is 263 g/mol. The zero-order valence-electron chi connectivity index (χ0n) is 11.5. The van der Waals surface area contributed by atoms with Crippen LogP contribution in [0.25, 0.3) is 0 Å². The molecule has 1 aliphatic rings. The fourth-order valence-corrected chi connectivity index (χ4v) is 2.04. The summed E-state index contributed by atoms with van der Waals surface area (Å²) >= 11 is 0. The molecule has 5 nitrogen and oxygen atoms in total. The number of amides is 1. The van der Waals surface area contributed by atoms with Crippen LogP contribution in [-0.2, 0) is 4.74 Å². The van der Waals surface area contributed by atoms with Crippen LogP contribution in [0.1, 0.15) is 36.7 Å². The van der Waals surface area contributed by atoms with Gasteiger partial charge in [-0.1, -0.05) is 6.92 Å². The SMILES string of the molecule is CCCNc1ccc(C(=O)NC2CC(OC)C2)nc1. The number of aromatic nitrogens is 1. The third kappa shape index (κ3) is 3.67. The predicted molar refractivity (Wildman–Crippen MR) is 74.3 cm³/mol. The lowest BCUT2D eigenvalue weighted by Gasteiger charge is -2.34. The van der Waals surface area contributed by atoms with E-state index in [0.717, 1.165) is 31.5 Å². The number of anilines is 1. The van der Waals surface area contributed by atoms with Gasteiger partial charge in [-0.25, -0.2) is 4.98 Å². The fraction of sp³-hybridized carbons (Fsp3) is 0.571. The van der Waals surface area contributed by atoms with Gasteiger partial charge in [-0.15, -0.1) is 0 Å². The molecular weight excluding hydrogens is 242 g/mol. The number of rotatable bonds is 6. The smallest absolute Gasteiger partial charge is 0.270 e. The van der Waals surface area contributed by atoms with Crippen LogP contribution in [-0.4, -0.2) is 36.7 Å². The zero-order valence-corrected chi connectivity index (χ0v) is 11.5. The van der Waals surface area contributed by atoms with Crippen molar-refractivity contribution >= 4 is 11.6 Å². The summed E-state index contributed by atoms with van der Waals surface area (Å²) < 4.78 is 5.18. The van der Waals surface area contributed by atoms with Gasteiger partial charge in [0, 0.05) is 19.7 Å². The second-order valence-electron chi connectivity index (χ2n) is 4.86. The maximum Gasteiger partial charge on any atom is 0.270 e. The lowest BCUT2D eigenvalue weighted by molar-refractivity contribution is 0.0175. The molecule has 1 aromatic heterocycles. The fourth-order valence-electron chi connectivity index (χ4n) is 2.04. The van der Waals surface area contributed by atoms with E-state index in [-0.39, 0.29) is 11.9 Å². The molecule has 0 saturated heterocycles. The van der Waals surface area contributed by atoms with Crippen molar-refractivity contribution < 1.29 is 9.53 Å². The molecule has 2 rings (SSSR count). The predicted octanol–water partition coefficient (Wildman–Crippen LogP) is 1.81. The van der Waals surface area contributed by atoms with Gasteiger partial charge < -0.3 is 15.4 Å². The second-order valence-corrected chi connectivity index (χ2v) is 4.86. The van der Waals surface area contributed by atoms with Gasteiger partial charge in [0.25, 0.3) is 5.91 Å². The van der Waals surface area contributed by atoms with E-state index in [9.17, 15) is 4.79 Å². The average molecular weight is 263 g/mol. The number of hydrogen-bond donors (Lipinski definition) is 2. The van der Waals surface area contributed by atoms with Crippen LogP contribution in [0, 0.1) is 0 Å². The third-order valence-electron chi connectivity index (χ3n) is 3.34. The topological polar surface area (TPSA) is 63.2 Å². The van der Waals surface area contributed by atoms with Gasteiger partial charge in [-0.3, -0.25) is 4.79 Å². The maximum atomic E-state index is 11.9. The molecule has 0 radical (unpaired) electrons. The van der Waals surface area contributed by atoms with Gasteiger partial charge in [-0.05, 0) is 31.4 Å². The Kier molecular flexibility index (Phi) is 4.74. The summed E-state index contributed by atoms with van der Waals surface area (Å²) in [5.74, 6) is -0.110. The third-order valence-corrected chi connectivity index (χ3v) is 3.34. The van der Waals surface area contributed by atoms with Crippen LogP contribution < -0.4 is 10.6 Å². The minimum absolute atomic E-state index is 0.110. The highest BCUT2D eigenvalue weighted by molar-refractivity contribution is 5.92. The lowest BCUT2D eigenvalue weighted by atomic mass is 9.89. The van der Waals surface area contributed by atoms with Gasteiger partial charge in [0.2, 0.25) is 0 Å². The standard InChI is InChI=1S/C14H21N3O2/c1-3-6-15-10-4-5-13(16-9-10)14(18)17-11-7-12(8-11)19-2/h4-5,9,11-12,15H,3,6-8H2,1-2H3,(H,17,18). The van der Waals surface area contributed by atoms with Crippen LogP contribution >= 0.6 is 0 Å². The zero-order chi connectivity index (χ0) is 13.7. The first-order valence-electron chi connectivity index (χ1n) is 6.76. The van der Waals surface area contributed by atoms with Crippen LogP contribution in [0.5, 0.6) is 0 Å². The molecule has 1 aromatic rings. The lowest BCUT2D eigenvalue weighted by Crippen LogP contribution is -2.47. The molecule has 5 heteroatoms. The number of ether oxygens (including phenoxy) is 1. The molecule has 1 amide bonds. The number of nitrogens with zero attached hydrogens (tertiary/aromatic N) is 1. The summed E-state index contributed by atoms with van der Waals surface area (Å²) in [6.45, 7) is 3.02. The summed E-state index contributed by atoms with van der Waals surface area (Å²) in [4.78, 5) is 16.1. The summed E-state index contributed by atoms with van der Waals surface area (Å²) in [6, 6.07) is 3.85. The van der Waals surface area contributed by atoms with Crippen LogP contribution in [0.4, 0.5) is 5.69 Å². The highest BCUT2D eigenvalue weighted by atomic mass is 16.5. The molecule has 0 aromatic carbocycles. The number of carbonyl (C=O) groups is 1. The van der Waals surface area contributed by atoms with Gasteiger partial charge in [0.15, 0.2) is 0 Å². The van der Waals surface area contributed by atoms with Gasteiger partial charge in [0.1, 0.15) is 5.69 Å². The van der Waals surface area contributed by atoms with Crippen molar-refractivity contribution in [1.29, 1.82) is 0 Å². The van der Waals surface area contributed by atoms with Crippen LogP contribution in [0.3, 0.4) is 0 Å². The number of pyridine rings is 1. The van der Waals surface area contributed by atoms with Crippen LogP contribution in [0.2, 0.25) is 0 Å². The van der Waals surface area contributed by atoms with Crippen LogP contribution in [0.15, 0.2) is 18.3 Å². The normalized spacial score (nSPS) is 21.6. The number of nitrogens with one attached hydrogen (secondary N) is 2. The molecule has 2 N–H and O–H groups in total. The molecule has 0 bridgehead atoms. The van der Waals surface area contributed by atoms with Gasteiger partial charge >= 0.3 is 0 Å². The Morgan fingerprint density at radius 3 is 2.84 bits per heavy atom. The molecule has 0 aliphatic heterocycles. The van der Waals surface area contributed by atoms with E-state index in [1.165, 1.54) is 0 Å². The van der Waals surface area contributed by atoms with Crippen molar-refractivity contribution in [2.24, 2.45) is 0 Å². The van der Waals surface area contributed by atoms with Crippen molar-refractivity contribution in [3.05, 3.63) is 24.0 Å². The van der Waals surface area contributed by atoms with Crippen molar-refractivity contribution in [1.82, 2.24) is 10.3 Å². The van der Waals surface area contributed by atoms with E-state index < -0.39 is 0 Å². The summed E-state index contributed by atoms with van der Waals surface area (Å²) in [5, 5.41) is 6.18. The maximum absolute atomic E-state index is 11.9. The number of methoxy groups -OCH3 is 1. The molecule has 1 fully saturated rings. The molecule has 0 atom stereocenters. The molecule has 19 heavy (non-hydrogen) atoms. The summed E-state index contributed by atoms with van der Waals surface area (Å²) in [7, 11) is 1.70. The Hall–Kier alpha value is -1.62.